The fraction of sp³-hybridized carbons (Fsp3) is 0.118. The summed E-state index contributed by atoms with van der Waals surface area (Å²) < 4.78 is 11.6. The molecule has 0 unspecified atom stereocenters. The second-order valence-electron chi connectivity index (χ2n) is 5.07. The predicted molar refractivity (Wildman–Crippen MR) is 82.7 cm³/mol. The lowest BCUT2D eigenvalue weighted by molar-refractivity contribution is 0.104. The highest BCUT2D eigenvalue weighted by molar-refractivity contribution is 9.10. The van der Waals surface area contributed by atoms with E-state index < -0.39 is 0 Å². The number of benzene rings is 2. The summed E-state index contributed by atoms with van der Waals surface area (Å²) in [4.78, 5) is 12.4. The summed E-state index contributed by atoms with van der Waals surface area (Å²) in [6, 6.07) is 11.6. The number of hydrogen-bond donors (Lipinski definition) is 0. The monoisotopic (exact) mass is 342 g/mol. The molecular weight excluding hydrogens is 332 g/mol. The summed E-state index contributed by atoms with van der Waals surface area (Å²) in [7, 11) is 0. The van der Waals surface area contributed by atoms with Crippen molar-refractivity contribution < 1.29 is 14.3 Å². The Morgan fingerprint density at radius 3 is 2.86 bits per heavy atom. The van der Waals surface area contributed by atoms with Gasteiger partial charge in [0.25, 0.3) is 0 Å². The smallest absolute Gasteiger partial charge is 0.231 e. The van der Waals surface area contributed by atoms with Gasteiger partial charge in [-0.1, -0.05) is 24.3 Å². The Kier molecular flexibility index (Phi) is 2.86. The van der Waals surface area contributed by atoms with Gasteiger partial charge in [-0.05, 0) is 45.3 Å². The average molecular weight is 343 g/mol. The standard InChI is InChI=1S/C17H11BrO3/c18-14-6-10(7-15-17(14)21-9-20-15)5-12-8-11-3-1-2-4-13(11)16(12)19/h1-7H,8-9H2/b12-5+. The highest BCUT2D eigenvalue weighted by Crippen LogP contribution is 2.40. The third-order valence-corrected chi connectivity index (χ3v) is 4.31. The zero-order valence-electron chi connectivity index (χ0n) is 11.1. The molecule has 0 fully saturated rings. The molecule has 4 rings (SSSR count). The van der Waals surface area contributed by atoms with E-state index in [-0.39, 0.29) is 12.6 Å². The van der Waals surface area contributed by atoms with Crippen LogP contribution in [-0.2, 0) is 6.42 Å². The molecule has 1 heterocycles. The lowest BCUT2D eigenvalue weighted by atomic mass is 10.1. The third-order valence-electron chi connectivity index (χ3n) is 3.72. The fourth-order valence-electron chi connectivity index (χ4n) is 2.74. The Morgan fingerprint density at radius 2 is 2.00 bits per heavy atom. The maximum atomic E-state index is 12.4. The topological polar surface area (TPSA) is 35.5 Å². The lowest BCUT2D eigenvalue weighted by Gasteiger charge is -2.02. The van der Waals surface area contributed by atoms with Gasteiger partial charge in [0.1, 0.15) is 0 Å². The molecule has 0 radical (unpaired) electrons. The van der Waals surface area contributed by atoms with Crippen LogP contribution in [0.25, 0.3) is 6.08 Å². The Bertz CT molecular complexity index is 793. The van der Waals surface area contributed by atoms with E-state index in [0.717, 1.165) is 32.5 Å². The van der Waals surface area contributed by atoms with Crippen molar-refractivity contribution in [2.45, 2.75) is 6.42 Å². The molecular formula is C17H11BrO3. The number of rotatable bonds is 1. The molecule has 0 amide bonds. The first-order valence-electron chi connectivity index (χ1n) is 6.65. The minimum atomic E-state index is 0.111. The Labute approximate surface area is 130 Å². The first kappa shape index (κ1) is 12.7. The molecule has 104 valence electrons. The summed E-state index contributed by atoms with van der Waals surface area (Å²) in [5, 5.41) is 0. The van der Waals surface area contributed by atoms with Gasteiger partial charge in [0.2, 0.25) is 6.79 Å². The van der Waals surface area contributed by atoms with Crippen LogP contribution in [0.5, 0.6) is 11.5 Å². The molecule has 1 aliphatic heterocycles. The van der Waals surface area contributed by atoms with Crippen molar-refractivity contribution in [1.82, 2.24) is 0 Å². The van der Waals surface area contributed by atoms with Crippen LogP contribution in [0.2, 0.25) is 0 Å². The first-order chi connectivity index (χ1) is 10.2. The van der Waals surface area contributed by atoms with Gasteiger partial charge >= 0.3 is 0 Å². The van der Waals surface area contributed by atoms with E-state index in [2.05, 4.69) is 15.9 Å². The van der Waals surface area contributed by atoms with E-state index >= 15 is 0 Å². The van der Waals surface area contributed by atoms with E-state index in [1.165, 1.54) is 0 Å². The molecule has 0 bridgehead atoms. The number of Topliss-reactive ketones (excluding diaryl/α,β-unsaturated/α-hetero) is 1. The summed E-state index contributed by atoms with van der Waals surface area (Å²) in [6.45, 7) is 0.234. The highest BCUT2D eigenvalue weighted by atomic mass is 79.9. The maximum absolute atomic E-state index is 12.4. The van der Waals surface area contributed by atoms with Crippen LogP contribution in [0.1, 0.15) is 21.5 Å². The molecule has 0 saturated heterocycles. The van der Waals surface area contributed by atoms with E-state index in [9.17, 15) is 4.79 Å². The number of carbonyl (C=O) groups excluding carboxylic acids is 1. The molecule has 0 saturated carbocycles. The molecule has 0 N–H and O–H groups in total. The Hall–Kier alpha value is -2.07. The van der Waals surface area contributed by atoms with Crippen LogP contribution in [0.4, 0.5) is 0 Å². The molecule has 0 atom stereocenters. The van der Waals surface area contributed by atoms with Gasteiger partial charge in [0, 0.05) is 17.6 Å². The van der Waals surface area contributed by atoms with Gasteiger partial charge in [-0.15, -0.1) is 0 Å². The highest BCUT2D eigenvalue weighted by Gasteiger charge is 2.24. The number of hydrogen-bond acceptors (Lipinski definition) is 3. The Balaban J connectivity index is 1.74. The summed E-state index contributed by atoms with van der Waals surface area (Å²) in [5.41, 5.74) is 3.64. The van der Waals surface area contributed by atoms with E-state index in [4.69, 9.17) is 9.47 Å². The van der Waals surface area contributed by atoms with E-state index in [0.29, 0.717) is 12.2 Å². The summed E-state index contributed by atoms with van der Waals surface area (Å²) in [6.07, 6.45) is 2.61. The third kappa shape index (κ3) is 2.07. The van der Waals surface area contributed by atoms with Crippen molar-refractivity contribution >= 4 is 27.8 Å². The van der Waals surface area contributed by atoms with Crippen molar-refractivity contribution in [3.05, 3.63) is 63.1 Å². The van der Waals surface area contributed by atoms with Crippen molar-refractivity contribution in [1.29, 1.82) is 0 Å². The van der Waals surface area contributed by atoms with E-state index in [1.54, 1.807) is 0 Å². The molecule has 1 aliphatic carbocycles. The van der Waals surface area contributed by atoms with Crippen molar-refractivity contribution in [3.8, 4) is 11.5 Å². The van der Waals surface area contributed by atoms with Crippen molar-refractivity contribution in [2.24, 2.45) is 0 Å². The molecule has 21 heavy (non-hydrogen) atoms. The molecule has 2 aromatic rings. The van der Waals surface area contributed by atoms with Gasteiger partial charge in [-0.3, -0.25) is 4.79 Å². The minimum Gasteiger partial charge on any atom is -0.454 e. The zero-order valence-corrected chi connectivity index (χ0v) is 12.6. The number of allylic oxidation sites excluding steroid dienone is 1. The number of fused-ring (bicyclic) bond motifs is 2. The molecule has 0 spiro atoms. The van der Waals surface area contributed by atoms with Gasteiger partial charge in [-0.25, -0.2) is 0 Å². The average Bonchev–Trinajstić information content (AvgIpc) is 3.06. The first-order valence-corrected chi connectivity index (χ1v) is 7.44. The van der Waals surface area contributed by atoms with Crippen LogP contribution in [0, 0.1) is 0 Å². The maximum Gasteiger partial charge on any atom is 0.231 e. The number of carbonyl (C=O) groups is 1. The van der Waals surface area contributed by atoms with Gasteiger partial charge in [-0.2, -0.15) is 0 Å². The minimum absolute atomic E-state index is 0.111. The quantitative estimate of drug-likeness (QED) is 0.735. The number of ether oxygens (including phenoxy) is 2. The normalized spacial score (nSPS) is 17.4. The second kappa shape index (κ2) is 4.74. The van der Waals surface area contributed by atoms with Crippen LogP contribution in [0.15, 0.2) is 46.4 Å². The number of halogens is 1. The number of ketones is 1. The molecule has 3 nitrogen and oxygen atoms in total. The van der Waals surface area contributed by atoms with Gasteiger partial charge in [0.15, 0.2) is 17.3 Å². The SMILES string of the molecule is O=C1/C(=C/c2cc(Br)c3c(c2)OCO3)Cc2ccccc21. The summed E-state index contributed by atoms with van der Waals surface area (Å²) >= 11 is 3.47. The predicted octanol–water partition coefficient (Wildman–Crippen LogP) is 4.00. The molecule has 4 heteroatoms. The van der Waals surface area contributed by atoms with Gasteiger partial charge < -0.3 is 9.47 Å². The van der Waals surface area contributed by atoms with Crippen molar-refractivity contribution in [2.75, 3.05) is 6.79 Å². The molecule has 0 aromatic heterocycles. The lowest BCUT2D eigenvalue weighted by Crippen LogP contribution is -1.95. The zero-order chi connectivity index (χ0) is 14.4. The Morgan fingerprint density at radius 1 is 1.14 bits per heavy atom. The van der Waals surface area contributed by atoms with Crippen LogP contribution in [0.3, 0.4) is 0 Å². The molecule has 2 aliphatic rings. The van der Waals surface area contributed by atoms with Gasteiger partial charge in [0.05, 0.1) is 4.47 Å². The fourth-order valence-corrected chi connectivity index (χ4v) is 3.32. The summed E-state index contributed by atoms with van der Waals surface area (Å²) in [5.74, 6) is 1.54. The van der Waals surface area contributed by atoms with Crippen LogP contribution >= 0.6 is 15.9 Å². The van der Waals surface area contributed by atoms with Crippen molar-refractivity contribution in [3.63, 3.8) is 0 Å². The van der Waals surface area contributed by atoms with Crippen LogP contribution in [-0.4, -0.2) is 12.6 Å². The molecule has 2 aromatic carbocycles. The van der Waals surface area contributed by atoms with E-state index in [1.807, 2.05) is 42.5 Å². The largest absolute Gasteiger partial charge is 0.454 e. The second-order valence-corrected chi connectivity index (χ2v) is 5.92. The van der Waals surface area contributed by atoms with Crippen LogP contribution < -0.4 is 9.47 Å².